The first-order valence-electron chi connectivity index (χ1n) is 4.72. The molecule has 0 aliphatic carbocycles. The molecule has 0 amide bonds. The molecule has 1 unspecified atom stereocenters. The molecular formula is C9H14ClFN4. The Kier molecular flexibility index (Phi) is 4.23. The molecule has 0 bridgehead atoms. The summed E-state index contributed by atoms with van der Waals surface area (Å²) in [6.45, 7) is 2.48. The molecule has 2 heterocycles. The summed E-state index contributed by atoms with van der Waals surface area (Å²) in [5.41, 5.74) is 5.57. The second-order valence-corrected chi connectivity index (χ2v) is 3.54. The molecule has 2 rings (SSSR count). The fourth-order valence-electron chi connectivity index (χ4n) is 1.68. The minimum Gasteiger partial charge on any atom is -0.340 e. The van der Waals surface area contributed by atoms with Gasteiger partial charge < -0.3 is 10.6 Å². The van der Waals surface area contributed by atoms with E-state index in [4.69, 9.17) is 5.73 Å². The van der Waals surface area contributed by atoms with Crippen molar-refractivity contribution in [2.45, 2.75) is 6.42 Å². The molecule has 2 N–H and O–H groups in total. The van der Waals surface area contributed by atoms with Crippen LogP contribution >= 0.6 is 12.4 Å². The van der Waals surface area contributed by atoms with Crippen molar-refractivity contribution < 1.29 is 4.39 Å². The zero-order valence-corrected chi connectivity index (χ0v) is 9.08. The number of hydrogen-bond acceptors (Lipinski definition) is 4. The van der Waals surface area contributed by atoms with E-state index in [9.17, 15) is 4.39 Å². The molecule has 1 aliphatic heterocycles. The van der Waals surface area contributed by atoms with Crippen LogP contribution in [0.1, 0.15) is 6.42 Å². The Balaban J connectivity index is 0.00000112. The Hall–Kier alpha value is -0.940. The van der Waals surface area contributed by atoms with Gasteiger partial charge in [-0.15, -0.1) is 12.4 Å². The maximum absolute atomic E-state index is 12.6. The van der Waals surface area contributed by atoms with E-state index < -0.39 is 5.82 Å². The van der Waals surface area contributed by atoms with Crippen molar-refractivity contribution in [1.29, 1.82) is 0 Å². The third-order valence-electron chi connectivity index (χ3n) is 2.51. The monoisotopic (exact) mass is 232 g/mol. The summed E-state index contributed by atoms with van der Waals surface area (Å²) >= 11 is 0. The predicted molar refractivity (Wildman–Crippen MR) is 58.6 cm³/mol. The summed E-state index contributed by atoms with van der Waals surface area (Å²) in [6, 6.07) is 0. The molecule has 6 heteroatoms. The van der Waals surface area contributed by atoms with Gasteiger partial charge >= 0.3 is 0 Å². The second kappa shape index (κ2) is 5.23. The fourth-order valence-corrected chi connectivity index (χ4v) is 1.68. The van der Waals surface area contributed by atoms with Gasteiger partial charge in [-0.2, -0.15) is 0 Å². The molecule has 1 fully saturated rings. The van der Waals surface area contributed by atoms with Crippen LogP contribution < -0.4 is 10.6 Å². The third-order valence-corrected chi connectivity index (χ3v) is 2.51. The summed E-state index contributed by atoms with van der Waals surface area (Å²) in [5, 5.41) is 0. The minimum absolute atomic E-state index is 0. The Labute approximate surface area is 94.1 Å². The molecule has 15 heavy (non-hydrogen) atoms. The maximum Gasteiger partial charge on any atom is 0.225 e. The second-order valence-electron chi connectivity index (χ2n) is 3.54. The maximum atomic E-state index is 12.6. The molecule has 0 saturated carbocycles. The third kappa shape index (κ3) is 2.76. The van der Waals surface area contributed by atoms with Crippen LogP contribution in [-0.2, 0) is 0 Å². The summed E-state index contributed by atoms with van der Waals surface area (Å²) in [6.07, 6.45) is 3.45. The molecular weight excluding hydrogens is 219 g/mol. The highest BCUT2D eigenvalue weighted by molar-refractivity contribution is 5.85. The Morgan fingerprint density at radius 1 is 1.47 bits per heavy atom. The van der Waals surface area contributed by atoms with Crippen LogP contribution in [-0.4, -0.2) is 29.6 Å². The molecule has 0 radical (unpaired) electrons. The van der Waals surface area contributed by atoms with E-state index >= 15 is 0 Å². The van der Waals surface area contributed by atoms with E-state index in [-0.39, 0.29) is 12.4 Å². The van der Waals surface area contributed by atoms with Crippen LogP contribution in [0.15, 0.2) is 12.4 Å². The van der Waals surface area contributed by atoms with Crippen LogP contribution in [0.2, 0.25) is 0 Å². The van der Waals surface area contributed by atoms with Crippen molar-refractivity contribution >= 4 is 18.4 Å². The molecule has 4 nitrogen and oxygen atoms in total. The van der Waals surface area contributed by atoms with Gasteiger partial charge in [0.05, 0.1) is 12.4 Å². The topological polar surface area (TPSA) is 55.0 Å². The van der Waals surface area contributed by atoms with Crippen LogP contribution in [0.4, 0.5) is 10.3 Å². The van der Waals surface area contributed by atoms with Gasteiger partial charge in [-0.1, -0.05) is 0 Å². The normalized spacial score (nSPS) is 20.1. The van der Waals surface area contributed by atoms with Crippen molar-refractivity contribution in [3.05, 3.63) is 18.2 Å². The zero-order chi connectivity index (χ0) is 9.97. The fraction of sp³-hybridized carbons (Fsp3) is 0.556. The molecule has 1 saturated heterocycles. The van der Waals surface area contributed by atoms with Crippen LogP contribution in [0.5, 0.6) is 0 Å². The largest absolute Gasteiger partial charge is 0.340 e. The van der Waals surface area contributed by atoms with E-state index in [0.717, 1.165) is 19.5 Å². The highest BCUT2D eigenvalue weighted by Gasteiger charge is 2.22. The van der Waals surface area contributed by atoms with Gasteiger partial charge in [-0.3, -0.25) is 0 Å². The van der Waals surface area contributed by atoms with E-state index in [1.165, 1.54) is 12.4 Å². The lowest BCUT2D eigenvalue weighted by Crippen LogP contribution is -2.24. The lowest BCUT2D eigenvalue weighted by atomic mass is 10.1. The average Bonchev–Trinajstić information content (AvgIpc) is 2.67. The molecule has 0 aromatic carbocycles. The average molecular weight is 233 g/mol. The minimum atomic E-state index is -0.400. The highest BCUT2D eigenvalue weighted by Crippen LogP contribution is 2.19. The van der Waals surface area contributed by atoms with Crippen LogP contribution in [0.25, 0.3) is 0 Å². The van der Waals surface area contributed by atoms with E-state index in [2.05, 4.69) is 9.97 Å². The van der Waals surface area contributed by atoms with E-state index in [0.29, 0.717) is 18.4 Å². The lowest BCUT2D eigenvalue weighted by Gasteiger charge is -2.15. The van der Waals surface area contributed by atoms with Crippen molar-refractivity contribution in [2.75, 3.05) is 24.5 Å². The number of rotatable bonds is 2. The number of nitrogens with two attached hydrogens (primary N) is 1. The smallest absolute Gasteiger partial charge is 0.225 e. The molecule has 0 spiro atoms. The quantitative estimate of drug-likeness (QED) is 0.821. The first-order valence-corrected chi connectivity index (χ1v) is 4.72. The number of aromatic nitrogens is 2. The highest BCUT2D eigenvalue weighted by atomic mass is 35.5. The summed E-state index contributed by atoms with van der Waals surface area (Å²) in [4.78, 5) is 9.89. The Morgan fingerprint density at radius 2 is 2.13 bits per heavy atom. The van der Waals surface area contributed by atoms with E-state index in [1.54, 1.807) is 0 Å². The molecule has 1 aromatic rings. The van der Waals surface area contributed by atoms with Gasteiger partial charge in [-0.05, 0) is 18.9 Å². The van der Waals surface area contributed by atoms with Gasteiger partial charge in [-0.25, -0.2) is 14.4 Å². The van der Waals surface area contributed by atoms with Crippen molar-refractivity contribution in [3.8, 4) is 0 Å². The van der Waals surface area contributed by atoms with Crippen molar-refractivity contribution in [2.24, 2.45) is 11.7 Å². The van der Waals surface area contributed by atoms with Crippen molar-refractivity contribution in [3.63, 3.8) is 0 Å². The first-order chi connectivity index (χ1) is 6.79. The Bertz CT molecular complexity index is 305. The zero-order valence-electron chi connectivity index (χ0n) is 8.27. The predicted octanol–water partition coefficient (Wildman–Crippen LogP) is 0.823. The molecule has 1 aromatic heterocycles. The van der Waals surface area contributed by atoms with Crippen molar-refractivity contribution in [1.82, 2.24) is 9.97 Å². The summed E-state index contributed by atoms with van der Waals surface area (Å²) in [5.74, 6) is 0.717. The van der Waals surface area contributed by atoms with Gasteiger partial charge in [0.2, 0.25) is 5.95 Å². The number of nitrogens with zero attached hydrogens (tertiary/aromatic N) is 3. The lowest BCUT2D eigenvalue weighted by molar-refractivity contribution is 0.599. The van der Waals surface area contributed by atoms with Gasteiger partial charge in [0, 0.05) is 13.1 Å². The van der Waals surface area contributed by atoms with Gasteiger partial charge in [0.25, 0.3) is 0 Å². The van der Waals surface area contributed by atoms with Gasteiger partial charge in [0.15, 0.2) is 5.82 Å². The Morgan fingerprint density at radius 3 is 2.67 bits per heavy atom. The number of halogens is 2. The van der Waals surface area contributed by atoms with Crippen LogP contribution in [0.3, 0.4) is 0 Å². The molecule has 1 atom stereocenters. The van der Waals surface area contributed by atoms with Gasteiger partial charge in [0.1, 0.15) is 0 Å². The standard InChI is InChI=1S/C9H13FN4.ClH/c10-8-4-12-9(13-5-8)14-2-1-7(3-11)6-14;/h4-5,7H,1-3,6,11H2;1H. The number of anilines is 1. The SMILES string of the molecule is Cl.NCC1CCN(c2ncc(F)cn2)C1. The molecule has 1 aliphatic rings. The summed E-state index contributed by atoms with van der Waals surface area (Å²) < 4.78 is 12.6. The molecule has 84 valence electrons. The number of hydrogen-bond donors (Lipinski definition) is 1. The van der Waals surface area contributed by atoms with E-state index in [1.807, 2.05) is 4.90 Å². The summed E-state index contributed by atoms with van der Waals surface area (Å²) in [7, 11) is 0. The van der Waals surface area contributed by atoms with Crippen LogP contribution in [0, 0.1) is 11.7 Å². The first kappa shape index (κ1) is 12.1.